The lowest BCUT2D eigenvalue weighted by atomic mass is 9.60. The number of benzene rings is 2. The first-order chi connectivity index (χ1) is 14.5. The molecule has 1 N–H and O–H groups in total. The van der Waals surface area contributed by atoms with Crippen LogP contribution in [0, 0.1) is 17.8 Å². The van der Waals surface area contributed by atoms with E-state index < -0.39 is 23.2 Å². The summed E-state index contributed by atoms with van der Waals surface area (Å²) in [6, 6.07) is 15.2. The zero-order valence-electron chi connectivity index (χ0n) is 16.4. The number of halogens is 1. The van der Waals surface area contributed by atoms with Gasteiger partial charge in [-0.3, -0.25) is 14.4 Å². The van der Waals surface area contributed by atoms with Gasteiger partial charge in [0.15, 0.2) is 5.78 Å². The Bertz CT molecular complexity index is 1110. The number of ether oxygens (including phenoxy) is 1. The highest BCUT2D eigenvalue weighted by Gasteiger charge is 2.72. The van der Waals surface area contributed by atoms with Crippen LogP contribution in [0.4, 0.5) is 5.69 Å². The second kappa shape index (κ2) is 6.91. The molecule has 2 aliphatic carbocycles. The summed E-state index contributed by atoms with van der Waals surface area (Å²) >= 11 is 3.51. The number of hydrogen-bond acceptors (Lipinski definition) is 4. The van der Waals surface area contributed by atoms with Crippen LogP contribution in [0.5, 0.6) is 0 Å². The van der Waals surface area contributed by atoms with Gasteiger partial charge in [0.2, 0.25) is 5.91 Å². The van der Waals surface area contributed by atoms with Crippen molar-refractivity contribution < 1.29 is 19.1 Å². The van der Waals surface area contributed by atoms with Crippen LogP contribution in [0.1, 0.15) is 24.5 Å². The Hall–Kier alpha value is -2.73. The number of rotatable bonds is 3. The van der Waals surface area contributed by atoms with Crippen LogP contribution in [-0.4, -0.2) is 24.3 Å². The van der Waals surface area contributed by atoms with E-state index in [0.717, 1.165) is 15.6 Å². The van der Waals surface area contributed by atoms with E-state index in [0.29, 0.717) is 17.7 Å². The maximum Gasteiger partial charge on any atom is 0.311 e. The molecule has 0 unspecified atom stereocenters. The topological polar surface area (TPSA) is 72.5 Å². The molecule has 0 aromatic heterocycles. The average Bonchev–Trinajstić information content (AvgIpc) is 3.35. The summed E-state index contributed by atoms with van der Waals surface area (Å²) in [7, 11) is 0. The van der Waals surface area contributed by atoms with Crippen LogP contribution in [0.25, 0.3) is 6.08 Å². The van der Waals surface area contributed by atoms with Gasteiger partial charge in [-0.15, -0.1) is 0 Å². The van der Waals surface area contributed by atoms with Gasteiger partial charge in [0, 0.05) is 21.9 Å². The molecule has 1 amide bonds. The smallest absolute Gasteiger partial charge is 0.311 e. The molecule has 1 aliphatic heterocycles. The van der Waals surface area contributed by atoms with E-state index in [9.17, 15) is 14.4 Å². The Morgan fingerprint density at radius 3 is 2.70 bits per heavy atom. The number of allylic oxidation sites excluding steroid dienone is 1. The second-order valence-corrected chi connectivity index (χ2v) is 8.84. The maximum atomic E-state index is 13.5. The van der Waals surface area contributed by atoms with Crippen molar-refractivity contribution in [1.29, 1.82) is 0 Å². The second-order valence-electron chi connectivity index (χ2n) is 7.98. The molecule has 152 valence electrons. The summed E-state index contributed by atoms with van der Waals surface area (Å²) in [6.45, 7) is 1.94. The summed E-state index contributed by atoms with van der Waals surface area (Å²) in [5.41, 5.74) is 1.83. The first-order valence-electron chi connectivity index (χ1n) is 10.1. The summed E-state index contributed by atoms with van der Waals surface area (Å²) < 4.78 is 6.12. The van der Waals surface area contributed by atoms with E-state index in [4.69, 9.17) is 4.74 Å². The largest absolute Gasteiger partial charge is 0.466 e. The number of Topliss-reactive ketones (excluding diaryl/α,β-unsaturated/α-hetero) is 1. The van der Waals surface area contributed by atoms with Crippen molar-refractivity contribution in [2.45, 2.75) is 18.8 Å². The van der Waals surface area contributed by atoms with E-state index >= 15 is 0 Å². The molecule has 2 aromatic rings. The molecule has 6 heteroatoms. The molecule has 4 atom stereocenters. The van der Waals surface area contributed by atoms with Crippen LogP contribution in [-0.2, 0) is 24.5 Å². The minimum Gasteiger partial charge on any atom is -0.466 e. The number of carbonyl (C=O) groups is 3. The molecule has 1 spiro atoms. The van der Waals surface area contributed by atoms with Crippen molar-refractivity contribution in [3.05, 3.63) is 69.7 Å². The highest BCUT2D eigenvalue weighted by atomic mass is 79.9. The van der Waals surface area contributed by atoms with E-state index in [1.165, 1.54) is 0 Å². The van der Waals surface area contributed by atoms with Crippen LogP contribution in [0.2, 0.25) is 0 Å². The van der Waals surface area contributed by atoms with Gasteiger partial charge < -0.3 is 10.1 Å². The lowest BCUT2D eigenvalue weighted by Crippen LogP contribution is -2.52. The quantitative estimate of drug-likeness (QED) is 0.546. The molecule has 5 nitrogen and oxygen atoms in total. The summed E-state index contributed by atoms with van der Waals surface area (Å²) in [4.78, 5) is 39.9. The zero-order valence-corrected chi connectivity index (χ0v) is 17.9. The monoisotopic (exact) mass is 465 g/mol. The molecule has 2 aromatic carbocycles. The molecule has 0 radical (unpaired) electrons. The minimum atomic E-state index is -1.13. The highest BCUT2D eigenvalue weighted by Crippen LogP contribution is 2.65. The number of hydrogen-bond donors (Lipinski definition) is 1. The number of para-hydroxylation sites is 1. The van der Waals surface area contributed by atoms with E-state index in [1.54, 1.807) is 6.92 Å². The number of carbonyl (C=O) groups excluding carboxylic acids is 3. The number of fused-ring (bicyclic) bond motifs is 5. The third-order valence-electron chi connectivity index (χ3n) is 6.66. The normalized spacial score (nSPS) is 30.1. The Morgan fingerprint density at radius 2 is 1.97 bits per heavy atom. The predicted octanol–water partition coefficient (Wildman–Crippen LogP) is 4.12. The Balaban J connectivity index is 1.73. The van der Waals surface area contributed by atoms with Crippen LogP contribution in [0.15, 0.2) is 58.6 Å². The fraction of sp³-hybridized carbons (Fsp3) is 0.292. The van der Waals surface area contributed by atoms with Crippen molar-refractivity contribution in [3.8, 4) is 0 Å². The van der Waals surface area contributed by atoms with E-state index in [1.807, 2.05) is 54.6 Å². The molecular weight excluding hydrogens is 446 g/mol. The highest BCUT2D eigenvalue weighted by molar-refractivity contribution is 9.10. The number of ketones is 1. The molecule has 0 saturated heterocycles. The SMILES string of the molecule is CCOC(=O)[C@H]1[C@H]2C[C@@H](/C(=C\c3ccccc3)C2=O)[C@]12C(=O)Nc1c(Br)cccc12. The maximum absolute atomic E-state index is 13.5. The molecule has 3 aliphatic rings. The van der Waals surface area contributed by atoms with Gasteiger partial charge in [-0.05, 0) is 52.5 Å². The lowest BCUT2D eigenvalue weighted by Gasteiger charge is -2.38. The molecule has 2 saturated carbocycles. The summed E-state index contributed by atoms with van der Waals surface area (Å²) in [5.74, 6) is -2.51. The van der Waals surface area contributed by atoms with Crippen LogP contribution >= 0.6 is 15.9 Å². The van der Waals surface area contributed by atoms with Gasteiger partial charge in [0.05, 0.1) is 23.6 Å². The molecule has 30 heavy (non-hydrogen) atoms. The first kappa shape index (κ1) is 19.2. The minimum absolute atomic E-state index is 0.0521. The Morgan fingerprint density at radius 1 is 1.20 bits per heavy atom. The van der Waals surface area contributed by atoms with Gasteiger partial charge in [-0.1, -0.05) is 42.5 Å². The van der Waals surface area contributed by atoms with Crippen molar-refractivity contribution in [2.24, 2.45) is 17.8 Å². The van der Waals surface area contributed by atoms with Gasteiger partial charge in [0.1, 0.15) is 0 Å². The van der Waals surface area contributed by atoms with Crippen molar-refractivity contribution in [1.82, 2.24) is 0 Å². The third kappa shape index (κ3) is 2.43. The van der Waals surface area contributed by atoms with E-state index in [-0.39, 0.29) is 24.2 Å². The predicted molar refractivity (Wildman–Crippen MR) is 116 cm³/mol. The fourth-order valence-corrected chi connectivity index (χ4v) is 6.06. The molecule has 1 heterocycles. The molecule has 5 rings (SSSR count). The van der Waals surface area contributed by atoms with Crippen LogP contribution < -0.4 is 5.32 Å². The summed E-state index contributed by atoms with van der Waals surface area (Å²) in [5, 5.41) is 2.98. The summed E-state index contributed by atoms with van der Waals surface area (Å²) in [6.07, 6.45) is 2.35. The Kier molecular flexibility index (Phi) is 4.43. The van der Waals surface area contributed by atoms with E-state index in [2.05, 4.69) is 21.2 Å². The zero-order chi connectivity index (χ0) is 21.0. The molecule has 2 bridgehead atoms. The third-order valence-corrected chi connectivity index (χ3v) is 7.33. The fourth-order valence-electron chi connectivity index (χ4n) is 5.60. The molecule has 2 fully saturated rings. The lowest BCUT2D eigenvalue weighted by molar-refractivity contribution is -0.156. The standard InChI is InChI=1S/C24H20BrNO4/c1-2-30-22(28)19-15-12-17(14(21(15)27)11-13-7-4-3-5-8-13)24(19)16-9-6-10-18(25)20(16)26-23(24)29/h3-11,15,17,19H,2,12H2,1H3,(H,26,29)/b14-11+/t15-,17+,19-,24+/m1/s1. The van der Waals surface area contributed by atoms with Gasteiger partial charge >= 0.3 is 5.97 Å². The number of nitrogens with one attached hydrogen (secondary N) is 1. The van der Waals surface area contributed by atoms with Crippen molar-refractivity contribution in [3.63, 3.8) is 0 Å². The first-order valence-corrected chi connectivity index (χ1v) is 10.9. The van der Waals surface area contributed by atoms with Gasteiger partial charge in [-0.2, -0.15) is 0 Å². The van der Waals surface area contributed by atoms with Crippen LogP contribution in [0.3, 0.4) is 0 Å². The van der Waals surface area contributed by atoms with Crippen molar-refractivity contribution >= 4 is 45.4 Å². The number of esters is 1. The number of anilines is 1. The van der Waals surface area contributed by atoms with Gasteiger partial charge in [-0.25, -0.2) is 0 Å². The number of amides is 1. The Labute approximate surface area is 182 Å². The van der Waals surface area contributed by atoms with Crippen molar-refractivity contribution in [2.75, 3.05) is 11.9 Å². The van der Waals surface area contributed by atoms with Gasteiger partial charge in [0.25, 0.3) is 0 Å². The molecular formula is C24H20BrNO4. The average molecular weight is 466 g/mol.